The summed E-state index contributed by atoms with van der Waals surface area (Å²) in [5, 5.41) is 0. The van der Waals surface area contributed by atoms with Gasteiger partial charge in [0.05, 0.1) is 5.56 Å². The van der Waals surface area contributed by atoms with Crippen molar-refractivity contribution in [1.82, 2.24) is 0 Å². The van der Waals surface area contributed by atoms with Gasteiger partial charge in [-0.2, -0.15) is 4.89 Å². The highest BCUT2D eigenvalue weighted by molar-refractivity contribution is 5.92. The van der Waals surface area contributed by atoms with Gasteiger partial charge >= 0.3 is 5.97 Å². The Balaban J connectivity index is 2.03. The molecule has 1 saturated carbocycles. The number of hydrogen-bond acceptors (Lipinski definition) is 3. The molecule has 122 valence electrons. The summed E-state index contributed by atoms with van der Waals surface area (Å²) in [4.78, 5) is 23.2. The zero-order valence-electron chi connectivity index (χ0n) is 14.4. The lowest BCUT2D eigenvalue weighted by atomic mass is 9.75. The second-order valence-corrected chi connectivity index (χ2v) is 7.10. The molecule has 1 fully saturated rings. The Hall–Kier alpha value is -1.35. The van der Waals surface area contributed by atoms with E-state index in [2.05, 4.69) is 20.8 Å². The molecule has 1 aliphatic rings. The summed E-state index contributed by atoms with van der Waals surface area (Å²) in [6.45, 7) is 10.5. The first-order valence-corrected chi connectivity index (χ1v) is 8.34. The SMILES string of the molecule is Cc1cccc(C)c1C(=O)OOC1CC(C)CCC1C(C)C. The van der Waals surface area contributed by atoms with E-state index in [-0.39, 0.29) is 12.1 Å². The Kier molecular flexibility index (Phi) is 5.63. The van der Waals surface area contributed by atoms with E-state index in [4.69, 9.17) is 9.78 Å². The van der Waals surface area contributed by atoms with Crippen molar-refractivity contribution in [3.05, 3.63) is 34.9 Å². The fourth-order valence-corrected chi connectivity index (χ4v) is 3.51. The summed E-state index contributed by atoms with van der Waals surface area (Å²) in [5.41, 5.74) is 2.46. The lowest BCUT2D eigenvalue weighted by molar-refractivity contribution is -0.296. The van der Waals surface area contributed by atoms with Gasteiger partial charge < -0.3 is 0 Å². The molecule has 0 bridgehead atoms. The monoisotopic (exact) mass is 304 g/mol. The van der Waals surface area contributed by atoms with Gasteiger partial charge in [-0.15, -0.1) is 0 Å². The molecule has 0 aromatic heterocycles. The van der Waals surface area contributed by atoms with Crippen molar-refractivity contribution >= 4 is 5.97 Å². The van der Waals surface area contributed by atoms with Gasteiger partial charge in [-0.3, -0.25) is 4.89 Å². The lowest BCUT2D eigenvalue weighted by Gasteiger charge is -2.35. The minimum absolute atomic E-state index is 0.0111. The Labute approximate surface area is 133 Å². The topological polar surface area (TPSA) is 35.5 Å². The average Bonchev–Trinajstić information content (AvgIpc) is 2.44. The number of aryl methyl sites for hydroxylation is 2. The molecule has 3 heteroatoms. The Morgan fingerprint density at radius 1 is 1.18 bits per heavy atom. The first-order valence-electron chi connectivity index (χ1n) is 8.34. The van der Waals surface area contributed by atoms with E-state index in [1.165, 1.54) is 6.42 Å². The molecular weight excluding hydrogens is 276 g/mol. The molecule has 3 unspecified atom stereocenters. The van der Waals surface area contributed by atoms with Gasteiger partial charge in [0.25, 0.3) is 0 Å². The van der Waals surface area contributed by atoms with Crippen molar-refractivity contribution in [1.29, 1.82) is 0 Å². The zero-order valence-corrected chi connectivity index (χ0v) is 14.4. The molecular formula is C19H28O3. The molecule has 1 aromatic rings. The highest BCUT2D eigenvalue weighted by Gasteiger charge is 2.33. The van der Waals surface area contributed by atoms with Gasteiger partial charge in [0, 0.05) is 0 Å². The second-order valence-electron chi connectivity index (χ2n) is 7.10. The highest BCUT2D eigenvalue weighted by atomic mass is 17.2. The van der Waals surface area contributed by atoms with Crippen LogP contribution in [0.1, 0.15) is 61.5 Å². The van der Waals surface area contributed by atoms with E-state index >= 15 is 0 Å². The van der Waals surface area contributed by atoms with Crippen molar-refractivity contribution in [3.8, 4) is 0 Å². The molecule has 0 aliphatic heterocycles. The maximum atomic E-state index is 12.3. The molecule has 3 atom stereocenters. The van der Waals surface area contributed by atoms with Crippen LogP contribution >= 0.6 is 0 Å². The fraction of sp³-hybridized carbons (Fsp3) is 0.632. The predicted molar refractivity (Wildman–Crippen MR) is 87.5 cm³/mol. The molecule has 22 heavy (non-hydrogen) atoms. The van der Waals surface area contributed by atoms with E-state index in [9.17, 15) is 4.79 Å². The first kappa shape index (κ1) is 17.0. The smallest absolute Gasteiger partial charge is 0.293 e. The molecule has 0 radical (unpaired) electrons. The van der Waals surface area contributed by atoms with E-state index in [1.54, 1.807) is 0 Å². The van der Waals surface area contributed by atoms with Gasteiger partial charge in [0.15, 0.2) is 0 Å². The van der Waals surface area contributed by atoms with Crippen LogP contribution in [-0.2, 0) is 9.78 Å². The van der Waals surface area contributed by atoms with Crippen molar-refractivity contribution in [2.45, 2.75) is 60.0 Å². The van der Waals surface area contributed by atoms with Crippen LogP contribution in [0.15, 0.2) is 18.2 Å². The number of rotatable bonds is 4. The minimum Gasteiger partial charge on any atom is -0.293 e. The number of carbonyl (C=O) groups excluding carboxylic acids is 1. The van der Waals surface area contributed by atoms with Gasteiger partial charge in [-0.25, -0.2) is 4.79 Å². The third-order valence-electron chi connectivity index (χ3n) is 4.89. The fourth-order valence-electron chi connectivity index (χ4n) is 3.51. The maximum Gasteiger partial charge on any atom is 0.373 e. The Bertz CT molecular complexity index is 501. The standard InChI is InChI=1S/C19H28O3/c1-12(2)16-10-9-13(3)11-17(16)21-22-19(20)18-14(4)7-6-8-15(18)5/h6-8,12-13,16-17H,9-11H2,1-5H3. The van der Waals surface area contributed by atoms with Crippen LogP contribution in [0, 0.1) is 31.6 Å². The lowest BCUT2D eigenvalue weighted by Crippen LogP contribution is -2.35. The molecule has 2 rings (SSSR count). The van der Waals surface area contributed by atoms with Crippen LogP contribution in [0.25, 0.3) is 0 Å². The summed E-state index contributed by atoms with van der Waals surface area (Å²) >= 11 is 0. The van der Waals surface area contributed by atoms with Crippen LogP contribution in [0.3, 0.4) is 0 Å². The maximum absolute atomic E-state index is 12.3. The van der Waals surface area contributed by atoms with Crippen LogP contribution in [0.2, 0.25) is 0 Å². The quantitative estimate of drug-likeness (QED) is 0.589. The van der Waals surface area contributed by atoms with E-state index in [1.807, 2.05) is 32.0 Å². The summed E-state index contributed by atoms with van der Waals surface area (Å²) in [7, 11) is 0. The average molecular weight is 304 g/mol. The van der Waals surface area contributed by atoms with Crippen LogP contribution in [-0.4, -0.2) is 12.1 Å². The van der Waals surface area contributed by atoms with Crippen molar-refractivity contribution in [2.75, 3.05) is 0 Å². The first-order chi connectivity index (χ1) is 10.4. The third-order valence-corrected chi connectivity index (χ3v) is 4.89. The van der Waals surface area contributed by atoms with Gasteiger partial charge in [-0.05, 0) is 55.6 Å². The minimum atomic E-state index is -0.378. The molecule has 3 nitrogen and oxygen atoms in total. The van der Waals surface area contributed by atoms with E-state index in [0.717, 1.165) is 24.0 Å². The van der Waals surface area contributed by atoms with Gasteiger partial charge in [0.2, 0.25) is 0 Å². The number of hydrogen-bond donors (Lipinski definition) is 0. The second kappa shape index (κ2) is 7.28. The van der Waals surface area contributed by atoms with E-state index in [0.29, 0.717) is 23.3 Å². The number of carbonyl (C=O) groups is 1. The summed E-state index contributed by atoms with van der Waals surface area (Å²) in [5.74, 6) is 1.24. The third kappa shape index (κ3) is 3.89. The summed E-state index contributed by atoms with van der Waals surface area (Å²) in [6.07, 6.45) is 3.35. The molecule has 0 heterocycles. The predicted octanol–water partition coefficient (Wildman–Crippen LogP) is 4.85. The van der Waals surface area contributed by atoms with Crippen molar-refractivity contribution in [3.63, 3.8) is 0 Å². The molecule has 1 aromatic carbocycles. The summed E-state index contributed by atoms with van der Waals surface area (Å²) < 4.78 is 0. The Morgan fingerprint density at radius 2 is 1.82 bits per heavy atom. The zero-order chi connectivity index (χ0) is 16.3. The normalized spacial score (nSPS) is 25.3. The molecule has 0 amide bonds. The van der Waals surface area contributed by atoms with Gasteiger partial charge in [-0.1, -0.05) is 45.4 Å². The van der Waals surface area contributed by atoms with Crippen molar-refractivity contribution in [2.24, 2.45) is 17.8 Å². The van der Waals surface area contributed by atoms with E-state index < -0.39 is 0 Å². The number of benzene rings is 1. The van der Waals surface area contributed by atoms with Crippen molar-refractivity contribution < 1.29 is 14.6 Å². The van der Waals surface area contributed by atoms with Gasteiger partial charge in [0.1, 0.15) is 6.10 Å². The summed E-state index contributed by atoms with van der Waals surface area (Å²) in [6, 6.07) is 5.78. The van der Waals surface area contributed by atoms with Crippen LogP contribution in [0.5, 0.6) is 0 Å². The molecule has 0 saturated heterocycles. The van der Waals surface area contributed by atoms with Crippen LogP contribution < -0.4 is 0 Å². The molecule has 0 N–H and O–H groups in total. The Morgan fingerprint density at radius 3 is 2.41 bits per heavy atom. The molecule has 0 spiro atoms. The van der Waals surface area contributed by atoms with Crippen LogP contribution in [0.4, 0.5) is 0 Å². The molecule has 1 aliphatic carbocycles. The highest BCUT2D eigenvalue weighted by Crippen LogP contribution is 2.35. The largest absolute Gasteiger partial charge is 0.373 e.